The first-order valence-corrected chi connectivity index (χ1v) is 9.18. The molecule has 1 aromatic heterocycles. The highest BCUT2D eigenvalue weighted by molar-refractivity contribution is 8.03. The summed E-state index contributed by atoms with van der Waals surface area (Å²) in [5, 5.41) is 17.4. The van der Waals surface area contributed by atoms with Crippen LogP contribution < -0.4 is 4.74 Å². The first-order chi connectivity index (χ1) is 13.2. The summed E-state index contributed by atoms with van der Waals surface area (Å²) >= 11 is 0.917. The molecular weight excluding hydrogens is 364 g/mol. The summed E-state index contributed by atoms with van der Waals surface area (Å²) in [5.74, 6) is -0.0107. The lowest BCUT2D eigenvalue weighted by Gasteiger charge is -2.10. The van der Waals surface area contributed by atoms with E-state index in [9.17, 15) is 9.90 Å². The third-order valence-corrected chi connectivity index (χ3v) is 4.45. The van der Waals surface area contributed by atoms with Gasteiger partial charge in [-0.1, -0.05) is 55.5 Å². The number of aryl methyl sites for hydroxylation is 1. The molecule has 3 rings (SSSR count). The number of carbonyl (C=O) groups is 1. The molecule has 27 heavy (non-hydrogen) atoms. The Labute approximate surface area is 160 Å². The minimum atomic E-state index is -1.07. The molecule has 2 aromatic carbocycles. The number of nitrogens with zero attached hydrogens (tertiary/aromatic N) is 2. The maximum atomic E-state index is 11.7. The zero-order valence-corrected chi connectivity index (χ0v) is 15.5. The summed E-state index contributed by atoms with van der Waals surface area (Å²) in [4.78, 5) is 11.7. The number of aromatic nitrogens is 2. The molecule has 138 valence electrons. The number of para-hydroxylation sites is 1. The van der Waals surface area contributed by atoms with Gasteiger partial charge in [0.2, 0.25) is 5.89 Å². The highest BCUT2D eigenvalue weighted by atomic mass is 32.2. The molecule has 0 atom stereocenters. The van der Waals surface area contributed by atoms with Gasteiger partial charge in [0.05, 0.1) is 0 Å². The molecule has 1 heterocycles. The number of benzene rings is 2. The molecule has 3 aromatic rings. The van der Waals surface area contributed by atoms with E-state index >= 15 is 0 Å². The van der Waals surface area contributed by atoms with Gasteiger partial charge in [0.25, 0.3) is 5.22 Å². The fraction of sp³-hybridized carbons (Fsp3) is 0.150. The molecule has 0 fully saturated rings. The molecule has 1 N–H and O–H groups in total. The van der Waals surface area contributed by atoms with E-state index in [1.54, 1.807) is 18.2 Å². The zero-order valence-electron chi connectivity index (χ0n) is 14.7. The molecule has 7 heteroatoms. The van der Waals surface area contributed by atoms with Gasteiger partial charge in [0, 0.05) is 12.0 Å². The van der Waals surface area contributed by atoms with Crippen LogP contribution in [0.25, 0.3) is 6.08 Å². The number of carboxylic acid groups (broad SMARTS) is 1. The monoisotopic (exact) mass is 382 g/mol. The van der Waals surface area contributed by atoms with Crippen LogP contribution in [0.4, 0.5) is 0 Å². The summed E-state index contributed by atoms with van der Waals surface area (Å²) in [7, 11) is 0. The Morgan fingerprint density at radius 2 is 1.89 bits per heavy atom. The van der Waals surface area contributed by atoms with E-state index in [1.165, 1.54) is 0 Å². The van der Waals surface area contributed by atoms with Crippen LogP contribution in [0.3, 0.4) is 0 Å². The highest BCUT2D eigenvalue weighted by Crippen LogP contribution is 2.30. The van der Waals surface area contributed by atoms with Crippen molar-refractivity contribution < 1.29 is 19.1 Å². The van der Waals surface area contributed by atoms with Crippen LogP contribution in [0.1, 0.15) is 23.9 Å². The van der Waals surface area contributed by atoms with Gasteiger partial charge in [0.1, 0.15) is 17.3 Å². The van der Waals surface area contributed by atoms with Gasteiger partial charge in [-0.3, -0.25) is 0 Å². The van der Waals surface area contributed by atoms with E-state index in [1.807, 2.05) is 49.4 Å². The Bertz CT molecular complexity index is 938. The Hall–Kier alpha value is -3.06. The Morgan fingerprint density at radius 3 is 2.59 bits per heavy atom. The number of ether oxygens (including phenoxy) is 1. The molecule has 0 bridgehead atoms. The fourth-order valence-corrected chi connectivity index (χ4v) is 2.94. The SMILES string of the molecule is CCc1nnc(S/C(=C\c2ccccc2OCc2ccccc2)C(=O)O)o1. The third kappa shape index (κ3) is 5.21. The van der Waals surface area contributed by atoms with E-state index in [0.29, 0.717) is 30.2 Å². The van der Waals surface area contributed by atoms with Gasteiger partial charge in [-0.2, -0.15) is 0 Å². The first-order valence-electron chi connectivity index (χ1n) is 8.36. The van der Waals surface area contributed by atoms with Gasteiger partial charge in [-0.25, -0.2) is 4.79 Å². The average molecular weight is 382 g/mol. The summed E-state index contributed by atoms with van der Waals surface area (Å²) in [6.07, 6.45) is 2.14. The second-order valence-electron chi connectivity index (χ2n) is 5.54. The summed E-state index contributed by atoms with van der Waals surface area (Å²) in [6.45, 7) is 2.28. The van der Waals surface area contributed by atoms with Crippen LogP contribution in [0, 0.1) is 0 Å². The largest absolute Gasteiger partial charge is 0.488 e. The number of carboxylic acids is 1. The lowest BCUT2D eigenvalue weighted by atomic mass is 10.2. The summed E-state index contributed by atoms with van der Waals surface area (Å²) in [5.41, 5.74) is 1.69. The second-order valence-corrected chi connectivity index (χ2v) is 6.54. The molecule has 0 unspecified atom stereocenters. The van der Waals surface area contributed by atoms with Gasteiger partial charge in [-0.15, -0.1) is 10.2 Å². The minimum absolute atomic E-state index is 0.0667. The van der Waals surface area contributed by atoms with Crippen molar-refractivity contribution in [2.45, 2.75) is 25.2 Å². The van der Waals surface area contributed by atoms with Crippen LogP contribution in [0.5, 0.6) is 5.75 Å². The van der Waals surface area contributed by atoms with Crippen molar-refractivity contribution in [3.05, 3.63) is 76.5 Å². The number of hydrogen-bond acceptors (Lipinski definition) is 6. The van der Waals surface area contributed by atoms with E-state index in [0.717, 1.165) is 17.3 Å². The molecule has 0 aliphatic carbocycles. The van der Waals surface area contributed by atoms with Crippen molar-refractivity contribution >= 4 is 23.8 Å². The van der Waals surface area contributed by atoms with Gasteiger partial charge in [0.15, 0.2) is 0 Å². The molecular formula is C20H18N2O4S. The molecule has 0 aliphatic heterocycles. The standard InChI is InChI=1S/C20H18N2O4S/c1-2-18-21-22-20(26-18)27-17(19(23)24)12-15-10-6-7-11-16(15)25-13-14-8-4-3-5-9-14/h3-12H,2,13H2,1H3,(H,23,24)/b17-12-. The zero-order chi connectivity index (χ0) is 19.1. The number of hydrogen-bond donors (Lipinski definition) is 1. The second kappa shape index (κ2) is 9.05. The maximum Gasteiger partial charge on any atom is 0.342 e. The van der Waals surface area contributed by atoms with Crippen molar-refractivity contribution in [2.75, 3.05) is 0 Å². The van der Waals surface area contributed by atoms with Gasteiger partial charge >= 0.3 is 5.97 Å². The third-order valence-electron chi connectivity index (χ3n) is 3.60. The smallest absolute Gasteiger partial charge is 0.342 e. The van der Waals surface area contributed by atoms with Crippen molar-refractivity contribution in [1.82, 2.24) is 10.2 Å². The van der Waals surface area contributed by atoms with Crippen LogP contribution in [0.15, 0.2) is 69.1 Å². The number of aliphatic carboxylic acids is 1. The van der Waals surface area contributed by atoms with Crippen molar-refractivity contribution in [1.29, 1.82) is 0 Å². The van der Waals surface area contributed by atoms with Crippen LogP contribution in [0.2, 0.25) is 0 Å². The molecule has 6 nitrogen and oxygen atoms in total. The predicted octanol–water partition coefficient (Wildman–Crippen LogP) is 4.43. The Balaban J connectivity index is 1.81. The quantitative estimate of drug-likeness (QED) is 0.456. The fourth-order valence-electron chi connectivity index (χ4n) is 2.26. The highest BCUT2D eigenvalue weighted by Gasteiger charge is 2.16. The van der Waals surface area contributed by atoms with E-state index in [4.69, 9.17) is 9.15 Å². The first kappa shape index (κ1) is 18.7. The molecule has 0 amide bonds. The maximum absolute atomic E-state index is 11.7. The molecule has 0 spiro atoms. The summed E-state index contributed by atoms with van der Waals surface area (Å²) in [6, 6.07) is 17.0. The molecule has 0 aliphatic rings. The lowest BCUT2D eigenvalue weighted by molar-refractivity contribution is -0.131. The van der Waals surface area contributed by atoms with E-state index in [-0.39, 0.29) is 10.1 Å². The topological polar surface area (TPSA) is 85.5 Å². The van der Waals surface area contributed by atoms with Crippen LogP contribution in [-0.4, -0.2) is 21.3 Å². The number of rotatable bonds is 8. The Morgan fingerprint density at radius 1 is 1.15 bits per heavy atom. The van der Waals surface area contributed by atoms with Gasteiger partial charge < -0.3 is 14.3 Å². The predicted molar refractivity (Wildman–Crippen MR) is 102 cm³/mol. The average Bonchev–Trinajstić information content (AvgIpc) is 3.15. The van der Waals surface area contributed by atoms with Crippen molar-refractivity contribution in [3.63, 3.8) is 0 Å². The molecule has 0 radical (unpaired) electrons. The van der Waals surface area contributed by atoms with E-state index in [2.05, 4.69) is 10.2 Å². The van der Waals surface area contributed by atoms with Crippen molar-refractivity contribution in [2.24, 2.45) is 0 Å². The molecule has 0 saturated heterocycles. The Kier molecular flexibility index (Phi) is 6.27. The lowest BCUT2D eigenvalue weighted by Crippen LogP contribution is -1.99. The number of thioether (sulfide) groups is 1. The normalized spacial score (nSPS) is 11.4. The van der Waals surface area contributed by atoms with Crippen LogP contribution >= 0.6 is 11.8 Å². The van der Waals surface area contributed by atoms with Crippen molar-refractivity contribution in [3.8, 4) is 5.75 Å². The van der Waals surface area contributed by atoms with Gasteiger partial charge in [-0.05, 0) is 29.5 Å². The minimum Gasteiger partial charge on any atom is -0.488 e. The summed E-state index contributed by atoms with van der Waals surface area (Å²) < 4.78 is 11.3. The van der Waals surface area contributed by atoms with Crippen LogP contribution in [-0.2, 0) is 17.8 Å². The van der Waals surface area contributed by atoms with E-state index < -0.39 is 5.97 Å². The molecule has 0 saturated carbocycles.